The molecule has 2 N–H and O–H groups in total. The van der Waals surface area contributed by atoms with Gasteiger partial charge < -0.3 is 10.5 Å². The average Bonchev–Trinajstić information content (AvgIpc) is 2.90. The van der Waals surface area contributed by atoms with Crippen LogP contribution in [-0.2, 0) is 16.1 Å². The van der Waals surface area contributed by atoms with E-state index in [2.05, 4.69) is 15.9 Å². The largest absolute Gasteiger partial charge is 0.483 e. The summed E-state index contributed by atoms with van der Waals surface area (Å²) in [6, 6.07) is 12.8. The number of ether oxygens (including phenoxy) is 1. The Morgan fingerprint density at radius 2 is 2.00 bits per heavy atom. The highest BCUT2D eigenvalue weighted by atomic mass is 79.9. The van der Waals surface area contributed by atoms with Crippen LogP contribution in [-0.4, -0.2) is 28.6 Å². The first-order valence-electron chi connectivity index (χ1n) is 8.35. The fourth-order valence-corrected chi connectivity index (χ4v) is 3.86. The van der Waals surface area contributed by atoms with Crippen LogP contribution < -0.4 is 10.5 Å². The molecule has 0 radical (unpaired) electrons. The Morgan fingerprint density at radius 3 is 2.71 bits per heavy atom. The van der Waals surface area contributed by atoms with Gasteiger partial charge in [0.05, 0.1) is 11.4 Å². The highest BCUT2D eigenvalue weighted by Gasteiger charge is 2.35. The molecule has 1 saturated heterocycles. The van der Waals surface area contributed by atoms with Crippen molar-refractivity contribution in [2.45, 2.75) is 13.5 Å². The van der Waals surface area contributed by atoms with Gasteiger partial charge in [-0.15, -0.1) is 0 Å². The fraction of sp³-hybridized carbons (Fsp3) is 0.150. The van der Waals surface area contributed by atoms with E-state index in [-0.39, 0.29) is 24.3 Å². The third-order valence-corrected chi connectivity index (χ3v) is 5.49. The molecule has 3 amide bonds. The van der Waals surface area contributed by atoms with Gasteiger partial charge in [0.2, 0.25) is 0 Å². The van der Waals surface area contributed by atoms with Crippen molar-refractivity contribution >= 4 is 50.8 Å². The molecule has 0 saturated carbocycles. The summed E-state index contributed by atoms with van der Waals surface area (Å²) in [6.45, 7) is 1.88. The zero-order valence-electron chi connectivity index (χ0n) is 15.0. The van der Waals surface area contributed by atoms with Gasteiger partial charge in [0.25, 0.3) is 17.1 Å². The molecule has 1 aliphatic rings. The van der Waals surface area contributed by atoms with Gasteiger partial charge in [-0.25, -0.2) is 0 Å². The summed E-state index contributed by atoms with van der Waals surface area (Å²) in [4.78, 5) is 37.7. The summed E-state index contributed by atoms with van der Waals surface area (Å²) >= 11 is 4.25. The second-order valence-corrected chi connectivity index (χ2v) is 8.04. The lowest BCUT2D eigenvalue weighted by molar-refractivity contribution is -0.123. The van der Waals surface area contributed by atoms with Gasteiger partial charge >= 0.3 is 0 Å². The number of carbonyl (C=O) groups excluding carboxylic acids is 3. The van der Waals surface area contributed by atoms with E-state index < -0.39 is 5.91 Å². The van der Waals surface area contributed by atoms with Gasteiger partial charge in [-0.05, 0) is 54.1 Å². The van der Waals surface area contributed by atoms with E-state index in [1.165, 1.54) is 4.90 Å². The van der Waals surface area contributed by atoms with Crippen LogP contribution in [0.5, 0.6) is 5.75 Å². The molecule has 0 spiro atoms. The zero-order valence-corrected chi connectivity index (χ0v) is 17.4. The summed E-state index contributed by atoms with van der Waals surface area (Å²) < 4.78 is 6.17. The number of hydrogen-bond donors (Lipinski definition) is 1. The van der Waals surface area contributed by atoms with Crippen LogP contribution in [0.25, 0.3) is 6.08 Å². The van der Waals surface area contributed by atoms with E-state index in [0.29, 0.717) is 16.2 Å². The van der Waals surface area contributed by atoms with Crippen molar-refractivity contribution < 1.29 is 19.1 Å². The molecule has 2 aromatic rings. The Balaban J connectivity index is 1.86. The molecule has 0 aromatic heterocycles. The monoisotopic (exact) mass is 460 g/mol. The summed E-state index contributed by atoms with van der Waals surface area (Å²) in [5.74, 6) is -0.570. The van der Waals surface area contributed by atoms with Crippen LogP contribution in [0.3, 0.4) is 0 Å². The lowest BCUT2D eigenvalue weighted by Gasteiger charge is -2.14. The molecular formula is C20H17BrN2O4S. The number of nitrogens with zero attached hydrogens (tertiary/aromatic N) is 1. The normalized spacial score (nSPS) is 15.4. The van der Waals surface area contributed by atoms with Crippen LogP contribution in [0, 0.1) is 6.92 Å². The molecule has 3 rings (SSSR count). The maximum absolute atomic E-state index is 12.8. The minimum absolute atomic E-state index is 0.220. The van der Waals surface area contributed by atoms with Crippen LogP contribution in [0.15, 0.2) is 51.8 Å². The van der Waals surface area contributed by atoms with E-state index >= 15 is 0 Å². The number of carbonyl (C=O) groups is 3. The van der Waals surface area contributed by atoms with Crippen LogP contribution in [0.2, 0.25) is 0 Å². The maximum atomic E-state index is 12.8. The van der Waals surface area contributed by atoms with Crippen LogP contribution >= 0.6 is 27.7 Å². The number of hydrogen-bond acceptors (Lipinski definition) is 5. The van der Waals surface area contributed by atoms with Crippen LogP contribution in [0.1, 0.15) is 16.7 Å². The van der Waals surface area contributed by atoms with Crippen LogP contribution in [0.4, 0.5) is 4.79 Å². The van der Waals surface area contributed by atoms with E-state index in [9.17, 15) is 14.4 Å². The number of rotatable bonds is 6. The molecule has 0 aliphatic carbocycles. The number of halogens is 1. The fourth-order valence-electron chi connectivity index (χ4n) is 2.65. The molecular weight excluding hydrogens is 444 g/mol. The lowest BCUT2D eigenvalue weighted by Crippen LogP contribution is -2.27. The van der Waals surface area contributed by atoms with E-state index in [0.717, 1.165) is 27.4 Å². The number of thioether (sulfide) groups is 1. The van der Waals surface area contributed by atoms with Crippen molar-refractivity contribution in [3.63, 3.8) is 0 Å². The second kappa shape index (κ2) is 8.62. The summed E-state index contributed by atoms with van der Waals surface area (Å²) in [5.41, 5.74) is 7.63. The smallest absolute Gasteiger partial charge is 0.293 e. The van der Waals surface area contributed by atoms with E-state index in [1.807, 2.05) is 31.2 Å². The number of imide groups is 1. The quantitative estimate of drug-likeness (QED) is 0.660. The van der Waals surface area contributed by atoms with Crippen molar-refractivity contribution in [3.8, 4) is 5.75 Å². The Bertz CT molecular complexity index is 990. The predicted octanol–water partition coefficient (Wildman–Crippen LogP) is 3.86. The Kier molecular flexibility index (Phi) is 6.21. The molecule has 2 aromatic carbocycles. The number of nitrogens with two attached hydrogens (primary N) is 1. The van der Waals surface area contributed by atoms with Gasteiger partial charge in [-0.3, -0.25) is 19.3 Å². The number of benzene rings is 2. The number of primary amides is 1. The molecule has 8 heteroatoms. The van der Waals surface area contributed by atoms with Gasteiger partial charge in [0.15, 0.2) is 6.61 Å². The lowest BCUT2D eigenvalue weighted by atomic mass is 10.1. The highest BCUT2D eigenvalue weighted by molar-refractivity contribution is 9.10. The Labute approximate surface area is 174 Å². The first kappa shape index (κ1) is 20.2. The highest BCUT2D eigenvalue weighted by Crippen LogP contribution is 2.35. The van der Waals surface area contributed by atoms with Crippen molar-refractivity contribution in [2.75, 3.05) is 6.61 Å². The van der Waals surface area contributed by atoms with E-state index in [1.54, 1.807) is 24.3 Å². The van der Waals surface area contributed by atoms with Gasteiger partial charge in [0, 0.05) is 10.0 Å². The number of amides is 3. The topological polar surface area (TPSA) is 89.7 Å². The van der Waals surface area contributed by atoms with Crippen molar-refractivity contribution in [1.29, 1.82) is 0 Å². The molecule has 0 bridgehead atoms. The third-order valence-electron chi connectivity index (χ3n) is 4.09. The second-order valence-electron chi connectivity index (χ2n) is 6.13. The van der Waals surface area contributed by atoms with Crippen molar-refractivity contribution in [2.24, 2.45) is 5.73 Å². The molecule has 1 heterocycles. The summed E-state index contributed by atoms with van der Waals surface area (Å²) in [7, 11) is 0. The van der Waals surface area contributed by atoms with Crippen molar-refractivity contribution in [1.82, 2.24) is 4.90 Å². The molecule has 0 unspecified atom stereocenters. The molecule has 28 heavy (non-hydrogen) atoms. The predicted molar refractivity (Wildman–Crippen MR) is 112 cm³/mol. The van der Waals surface area contributed by atoms with Gasteiger partial charge in [0.1, 0.15) is 5.75 Å². The standard InChI is InChI=1S/C20H17BrN2O4S/c1-12-4-2-3-5-13(12)10-23-19(25)17(28-20(23)26)9-14-8-15(21)6-7-16(14)27-11-18(22)24/h2-9H,10-11H2,1H3,(H2,22,24)/b17-9-. The molecule has 6 nitrogen and oxygen atoms in total. The Morgan fingerprint density at radius 1 is 1.25 bits per heavy atom. The molecule has 0 atom stereocenters. The summed E-state index contributed by atoms with van der Waals surface area (Å²) in [5, 5.41) is -0.325. The number of aryl methyl sites for hydroxylation is 1. The van der Waals surface area contributed by atoms with Crippen molar-refractivity contribution in [3.05, 3.63) is 68.5 Å². The third kappa shape index (κ3) is 4.63. The van der Waals surface area contributed by atoms with E-state index in [4.69, 9.17) is 10.5 Å². The maximum Gasteiger partial charge on any atom is 0.293 e. The SMILES string of the molecule is Cc1ccccc1CN1C(=O)S/C(=C\c2cc(Br)ccc2OCC(N)=O)C1=O. The molecule has 1 fully saturated rings. The first-order chi connectivity index (χ1) is 13.3. The Hall–Kier alpha value is -2.58. The molecule has 144 valence electrons. The summed E-state index contributed by atoms with van der Waals surface area (Å²) in [6.07, 6.45) is 1.59. The minimum Gasteiger partial charge on any atom is -0.483 e. The minimum atomic E-state index is -0.604. The average molecular weight is 461 g/mol. The van der Waals surface area contributed by atoms with Gasteiger partial charge in [-0.1, -0.05) is 40.2 Å². The first-order valence-corrected chi connectivity index (χ1v) is 9.96. The zero-order chi connectivity index (χ0) is 20.3. The van der Waals surface area contributed by atoms with Gasteiger partial charge in [-0.2, -0.15) is 0 Å². The molecule has 1 aliphatic heterocycles.